The second-order valence-corrected chi connectivity index (χ2v) is 23.4. The van der Waals surface area contributed by atoms with Gasteiger partial charge >= 0.3 is 72.0 Å². The number of para-hydroxylation sites is 3. The monoisotopic (exact) mass is 1340 g/mol. The summed E-state index contributed by atoms with van der Waals surface area (Å²) in [5.41, 5.74) is -1.34. The number of aromatic nitrogens is 7. The number of pyridine rings is 1. The van der Waals surface area contributed by atoms with Crippen molar-refractivity contribution in [1.82, 2.24) is 45.0 Å². The van der Waals surface area contributed by atoms with Gasteiger partial charge in [0.05, 0.1) is 29.2 Å². The summed E-state index contributed by atoms with van der Waals surface area (Å²) in [6.07, 6.45) is -2.84. The van der Waals surface area contributed by atoms with Crippen molar-refractivity contribution < 1.29 is 120 Å². The zero-order chi connectivity index (χ0) is 68.4. The number of carboxylic acids is 1. The molecule has 28 nitrogen and oxygen atoms in total. The van der Waals surface area contributed by atoms with Crippen molar-refractivity contribution in [2.75, 3.05) is 41.8 Å². The van der Waals surface area contributed by atoms with Crippen LogP contribution in [-0.2, 0) is 23.7 Å². The van der Waals surface area contributed by atoms with E-state index in [4.69, 9.17) is 23.7 Å². The van der Waals surface area contributed by atoms with Gasteiger partial charge in [-0.1, -0.05) is 62.0 Å². The zero-order valence-electron chi connectivity index (χ0n) is 54.3. The van der Waals surface area contributed by atoms with Gasteiger partial charge in [-0.2, -0.15) is 18.1 Å². The Hall–Kier alpha value is -9.85. The number of ether oxygens (including phenoxy) is 6. The molecule has 0 saturated heterocycles. The van der Waals surface area contributed by atoms with Crippen LogP contribution in [0.1, 0.15) is 139 Å². The number of hydrogen-bond acceptors (Lipinski definition) is 19. The molecule has 6 amide bonds. The predicted octanol–water partition coefficient (Wildman–Crippen LogP) is 8.82. The molecule has 0 unspecified atom stereocenters. The third-order valence-corrected chi connectivity index (χ3v) is 10.8. The molecule has 7 aromatic rings. The van der Waals surface area contributed by atoms with Crippen LogP contribution >= 0.6 is 0 Å². The number of nitrogens with zero attached hydrogens (tertiary/aromatic N) is 8. The van der Waals surface area contributed by atoms with Crippen LogP contribution in [0, 0.1) is 0 Å². The van der Waals surface area contributed by atoms with E-state index in [0.29, 0.717) is 22.0 Å². The number of aromatic carboxylic acids is 1. The molecule has 0 radical (unpaired) electrons. The number of carbonyl (C=O) groups is 8. The van der Waals surface area contributed by atoms with Gasteiger partial charge in [0.15, 0.2) is 24.1 Å². The topological polar surface area (TPSA) is 360 Å². The number of anilines is 3. The molecule has 0 aliphatic carbocycles. The largest absolute Gasteiger partial charge is 1.00 e. The van der Waals surface area contributed by atoms with Gasteiger partial charge < -0.3 is 49.6 Å². The molecule has 4 heterocycles. The van der Waals surface area contributed by atoms with Gasteiger partial charge in [0.25, 0.3) is 11.8 Å². The molecule has 32 heteroatoms. The van der Waals surface area contributed by atoms with E-state index in [9.17, 15) is 56.6 Å². The summed E-state index contributed by atoms with van der Waals surface area (Å²) in [7, 11) is 0. The molecular weight excluding hydrogens is 1260 g/mol. The van der Waals surface area contributed by atoms with Crippen LogP contribution in [0.15, 0.2) is 128 Å². The molecule has 0 saturated carbocycles. The van der Waals surface area contributed by atoms with Crippen LogP contribution < -0.4 is 60.5 Å². The summed E-state index contributed by atoms with van der Waals surface area (Å²) in [5, 5.41) is 32.0. The smallest absolute Gasteiger partial charge is 0.870 e. The van der Waals surface area contributed by atoms with Crippen molar-refractivity contribution in [2.24, 2.45) is 0 Å². The summed E-state index contributed by atoms with van der Waals surface area (Å²) in [5.74, 6) is -3.65. The SMILES string of the molecule is C.CC(C)(C)OC(=O)Nc1nn(-c2ccccc2)cc1C(=O)NCCNC(=O)c1ccc(OCC(F)(F)F)nc1.CC(C)(C)OC(=O)Nc1nn(-c2ccccc2)cc1C(=O)O.CCOC(=O)c1cn(-c2ccccc2)nc1N(C(=O)OC(C)(C)C)C(=O)OC(C)(C)C.[Na+].[OH-]. The minimum Gasteiger partial charge on any atom is -0.870 e. The Kier molecular flexibility index (Phi) is 30.3. The van der Waals surface area contributed by atoms with Crippen molar-refractivity contribution in [3.05, 3.63) is 150 Å². The number of carbonyl (C=O) groups excluding carboxylic acids is 7. The number of imide groups is 1. The summed E-state index contributed by atoms with van der Waals surface area (Å²) in [6, 6.07) is 29.3. The van der Waals surface area contributed by atoms with Gasteiger partial charge in [0.1, 0.15) is 39.1 Å². The van der Waals surface area contributed by atoms with Gasteiger partial charge in [0.2, 0.25) is 5.88 Å². The van der Waals surface area contributed by atoms with E-state index in [2.05, 4.69) is 46.3 Å². The Morgan fingerprint density at radius 2 is 0.926 bits per heavy atom. The van der Waals surface area contributed by atoms with Gasteiger partial charge in [0, 0.05) is 43.9 Å². The first-order valence-corrected chi connectivity index (χ1v) is 28.2. The van der Waals surface area contributed by atoms with Crippen LogP contribution in [-0.4, -0.2) is 148 Å². The molecular formula is C63H78F3N12NaO16. The first kappa shape index (κ1) is 81.2. The number of rotatable bonds is 16. The van der Waals surface area contributed by atoms with E-state index >= 15 is 0 Å². The Labute approximate surface area is 568 Å². The Balaban J connectivity index is 0.000000495. The van der Waals surface area contributed by atoms with Crippen LogP contribution in [0.25, 0.3) is 17.1 Å². The maximum atomic E-state index is 13.0. The van der Waals surface area contributed by atoms with Crippen LogP contribution in [0.4, 0.5) is 49.8 Å². The minimum absolute atomic E-state index is 0. The summed E-state index contributed by atoms with van der Waals surface area (Å²) < 4.78 is 71.6. The van der Waals surface area contributed by atoms with Crippen LogP contribution in [0.5, 0.6) is 5.88 Å². The normalized spacial score (nSPS) is 11.0. The number of esters is 1. The first-order chi connectivity index (χ1) is 42.9. The summed E-state index contributed by atoms with van der Waals surface area (Å²) in [6.45, 7) is 20.5. The molecule has 508 valence electrons. The molecule has 0 bridgehead atoms. The molecule has 7 rings (SSSR count). The second-order valence-electron chi connectivity index (χ2n) is 23.4. The number of amides is 6. The third-order valence-electron chi connectivity index (χ3n) is 10.8. The quantitative estimate of drug-likeness (QED) is 0.0261. The third kappa shape index (κ3) is 27.3. The molecule has 0 fully saturated rings. The number of benzene rings is 3. The molecule has 3 aromatic carbocycles. The zero-order valence-corrected chi connectivity index (χ0v) is 56.3. The van der Waals surface area contributed by atoms with Crippen LogP contribution in [0.3, 0.4) is 0 Å². The van der Waals surface area contributed by atoms with Gasteiger partial charge in [-0.15, -0.1) is 15.3 Å². The molecule has 0 spiro atoms. The minimum atomic E-state index is -4.51. The van der Waals surface area contributed by atoms with E-state index < -0.39 is 83.3 Å². The number of alkyl halides is 3. The number of carboxylic acid groups (broad SMARTS) is 1. The Morgan fingerprint density at radius 1 is 0.537 bits per heavy atom. The number of halogens is 3. The molecule has 6 N–H and O–H groups in total. The van der Waals surface area contributed by atoms with E-state index in [-0.39, 0.29) is 108 Å². The van der Waals surface area contributed by atoms with Crippen LogP contribution in [0.2, 0.25) is 0 Å². The van der Waals surface area contributed by atoms with E-state index in [0.717, 1.165) is 12.3 Å². The second kappa shape index (κ2) is 35.4. The van der Waals surface area contributed by atoms with Crippen molar-refractivity contribution in [3.63, 3.8) is 0 Å². The standard InChI is InChI=1S/C25H27F3N6O5.C22H29N3O6.C15H17N3O4.CH4.Na.H2O/c1-24(2,3)39-23(37)32-20-18(14-34(33-20)17-7-5-4-6-8-17)22(36)30-12-11-29-21(35)16-9-10-19(31-13-16)38-15-25(26,27)28;1-8-29-18(26)16-14-24(15-12-10-9-11-13-15)23-17(16)25(19(27)30-21(2,3)4)20(28)31-22(5,6)7;1-15(2,3)22-14(21)16-12-11(13(19)20)9-18(17-12)10-7-5-4-6-8-10;;;/h4-10,13-14H,11-12,15H2,1-3H3,(H,29,35)(H,30,36)(H,32,33,37);9-14H,8H2,1-7H3;4-9H,1-3H3,(H,19,20)(H,16,17,21);1H4;;1H2/q;;;;+1;/p-1. The van der Waals surface area contributed by atoms with Crippen molar-refractivity contribution in [3.8, 4) is 22.9 Å². The maximum absolute atomic E-state index is 13.0. The van der Waals surface area contributed by atoms with E-state index in [1.165, 1.54) is 38.7 Å². The fourth-order valence-corrected chi connectivity index (χ4v) is 7.25. The van der Waals surface area contributed by atoms with Crippen molar-refractivity contribution >= 4 is 65.6 Å². The van der Waals surface area contributed by atoms with Gasteiger partial charge in [-0.25, -0.2) is 47.8 Å². The van der Waals surface area contributed by atoms with Crippen molar-refractivity contribution in [1.29, 1.82) is 0 Å². The number of hydrogen-bond donors (Lipinski definition) is 5. The first-order valence-electron chi connectivity index (χ1n) is 28.2. The maximum Gasteiger partial charge on any atom is 1.00 e. The molecule has 0 atom stereocenters. The average molecular weight is 1340 g/mol. The van der Waals surface area contributed by atoms with E-state index in [1.807, 2.05) is 18.2 Å². The molecule has 0 aliphatic rings. The molecule has 95 heavy (non-hydrogen) atoms. The van der Waals surface area contributed by atoms with Gasteiger partial charge in [-0.05, 0) is 132 Å². The fraction of sp³-hybridized carbons (Fsp3) is 0.365. The number of nitrogens with one attached hydrogen (secondary N) is 4. The summed E-state index contributed by atoms with van der Waals surface area (Å²) >= 11 is 0. The average Bonchev–Trinajstić information content (AvgIpc) is 1.68. The molecule has 0 aliphatic heterocycles. The Bertz CT molecular complexity index is 3650. The van der Waals surface area contributed by atoms with E-state index in [1.54, 1.807) is 163 Å². The van der Waals surface area contributed by atoms with Gasteiger partial charge in [-0.3, -0.25) is 20.2 Å². The van der Waals surface area contributed by atoms with Crippen molar-refractivity contribution in [2.45, 2.75) is 126 Å². The Morgan fingerprint density at radius 3 is 1.31 bits per heavy atom. The predicted molar refractivity (Wildman–Crippen MR) is 337 cm³/mol. The summed E-state index contributed by atoms with van der Waals surface area (Å²) in [4.78, 5) is 103. The fourth-order valence-electron chi connectivity index (χ4n) is 7.25. The molecule has 4 aromatic heterocycles.